The Kier molecular flexibility index (Phi) is 4.01. The number of ether oxygens (including phenoxy) is 1. The van der Waals surface area contributed by atoms with Crippen molar-refractivity contribution < 1.29 is 14.6 Å². The maximum absolute atomic E-state index is 11.4. The number of likely N-dealkylation sites (N-methyl/N-ethyl adjacent to an activating group) is 1. The van der Waals surface area contributed by atoms with Crippen LogP contribution in [0.1, 0.15) is 12.8 Å². The molecule has 2 heterocycles. The Morgan fingerprint density at radius 1 is 1.35 bits per heavy atom. The van der Waals surface area contributed by atoms with Crippen LogP contribution in [0, 0.1) is 5.41 Å². The number of carboxylic acid groups (broad SMARTS) is 1. The van der Waals surface area contributed by atoms with Crippen LogP contribution in [0.5, 0.6) is 0 Å². The van der Waals surface area contributed by atoms with Gasteiger partial charge < -0.3 is 19.6 Å². The minimum absolute atomic E-state index is 0.370. The smallest absolute Gasteiger partial charge is 0.313 e. The Hall–Kier alpha value is -0.650. The first-order valence-corrected chi connectivity index (χ1v) is 6.34. The lowest BCUT2D eigenvalue weighted by Crippen LogP contribution is -2.44. The van der Waals surface area contributed by atoms with Crippen LogP contribution in [0.2, 0.25) is 0 Å². The highest BCUT2D eigenvalue weighted by Crippen LogP contribution is 2.30. The van der Waals surface area contributed by atoms with Gasteiger partial charge >= 0.3 is 5.97 Å². The van der Waals surface area contributed by atoms with Crippen molar-refractivity contribution in [3.8, 4) is 0 Å². The van der Waals surface area contributed by atoms with Crippen molar-refractivity contribution in [3.63, 3.8) is 0 Å². The average molecular weight is 242 g/mol. The average Bonchev–Trinajstić information content (AvgIpc) is 2.66. The third-order valence-electron chi connectivity index (χ3n) is 3.90. The van der Waals surface area contributed by atoms with E-state index < -0.39 is 11.4 Å². The molecule has 1 N–H and O–H groups in total. The van der Waals surface area contributed by atoms with Crippen LogP contribution < -0.4 is 0 Å². The van der Waals surface area contributed by atoms with E-state index in [9.17, 15) is 9.90 Å². The molecule has 98 valence electrons. The lowest BCUT2D eigenvalue weighted by molar-refractivity contribution is -0.150. The molecule has 0 spiro atoms. The van der Waals surface area contributed by atoms with Crippen LogP contribution >= 0.6 is 0 Å². The van der Waals surface area contributed by atoms with E-state index in [0.29, 0.717) is 26.2 Å². The van der Waals surface area contributed by atoms with E-state index in [0.717, 1.165) is 32.6 Å². The minimum Gasteiger partial charge on any atom is -0.481 e. The summed E-state index contributed by atoms with van der Waals surface area (Å²) in [6, 6.07) is 0. The van der Waals surface area contributed by atoms with Gasteiger partial charge in [-0.3, -0.25) is 4.79 Å². The van der Waals surface area contributed by atoms with Crippen LogP contribution in [-0.4, -0.2) is 73.9 Å². The quantitative estimate of drug-likeness (QED) is 0.761. The Morgan fingerprint density at radius 3 is 2.82 bits per heavy atom. The van der Waals surface area contributed by atoms with Crippen molar-refractivity contribution in [1.82, 2.24) is 9.80 Å². The SMILES string of the molecule is CN1CCCN(CC2(C(=O)O)CCOC2)CC1. The summed E-state index contributed by atoms with van der Waals surface area (Å²) in [4.78, 5) is 16.0. The van der Waals surface area contributed by atoms with E-state index in [-0.39, 0.29) is 0 Å². The second-order valence-corrected chi connectivity index (χ2v) is 5.32. The summed E-state index contributed by atoms with van der Waals surface area (Å²) in [6.45, 7) is 5.68. The highest BCUT2D eigenvalue weighted by Gasteiger charge is 2.43. The summed E-state index contributed by atoms with van der Waals surface area (Å²) >= 11 is 0. The standard InChI is InChI=1S/C12H22N2O3/c1-13-4-2-5-14(7-6-13)9-12(11(15)16)3-8-17-10-12/h2-10H2,1H3,(H,15,16). The van der Waals surface area contributed by atoms with Gasteiger partial charge in [0.05, 0.1) is 6.61 Å². The van der Waals surface area contributed by atoms with Crippen LogP contribution in [0.25, 0.3) is 0 Å². The fraction of sp³-hybridized carbons (Fsp3) is 0.917. The third-order valence-corrected chi connectivity index (χ3v) is 3.90. The lowest BCUT2D eigenvalue weighted by Gasteiger charge is -2.30. The van der Waals surface area contributed by atoms with Crippen molar-refractivity contribution in [2.24, 2.45) is 5.41 Å². The summed E-state index contributed by atoms with van der Waals surface area (Å²) in [5, 5.41) is 9.40. The minimum atomic E-state index is -0.701. The number of carboxylic acids is 1. The number of hydrogen-bond donors (Lipinski definition) is 1. The molecule has 0 bridgehead atoms. The van der Waals surface area contributed by atoms with Gasteiger partial charge in [0.15, 0.2) is 0 Å². The molecular weight excluding hydrogens is 220 g/mol. The number of carbonyl (C=O) groups is 1. The van der Waals surface area contributed by atoms with Crippen LogP contribution in [0.3, 0.4) is 0 Å². The van der Waals surface area contributed by atoms with E-state index in [2.05, 4.69) is 16.8 Å². The molecule has 2 saturated heterocycles. The van der Waals surface area contributed by atoms with Crippen molar-refractivity contribution in [2.75, 3.05) is 53.0 Å². The molecule has 0 amide bonds. The molecular formula is C12H22N2O3. The van der Waals surface area contributed by atoms with Gasteiger partial charge in [0.2, 0.25) is 0 Å². The van der Waals surface area contributed by atoms with Gasteiger partial charge in [-0.2, -0.15) is 0 Å². The van der Waals surface area contributed by atoms with E-state index in [1.807, 2.05) is 0 Å². The van der Waals surface area contributed by atoms with Gasteiger partial charge in [0, 0.05) is 26.2 Å². The Morgan fingerprint density at radius 2 is 2.18 bits per heavy atom. The highest BCUT2D eigenvalue weighted by molar-refractivity contribution is 5.75. The zero-order chi connectivity index (χ0) is 12.3. The van der Waals surface area contributed by atoms with E-state index in [1.54, 1.807) is 0 Å². The maximum atomic E-state index is 11.4. The fourth-order valence-corrected chi connectivity index (χ4v) is 2.65. The van der Waals surface area contributed by atoms with Gasteiger partial charge in [-0.25, -0.2) is 0 Å². The lowest BCUT2D eigenvalue weighted by atomic mass is 9.86. The van der Waals surface area contributed by atoms with Crippen molar-refractivity contribution in [2.45, 2.75) is 12.8 Å². The third kappa shape index (κ3) is 2.97. The topological polar surface area (TPSA) is 53.0 Å². The first kappa shape index (κ1) is 12.8. The monoisotopic (exact) mass is 242 g/mol. The first-order chi connectivity index (χ1) is 8.12. The number of nitrogens with zero attached hydrogens (tertiary/aromatic N) is 2. The fourth-order valence-electron chi connectivity index (χ4n) is 2.65. The van der Waals surface area contributed by atoms with Gasteiger partial charge in [-0.15, -0.1) is 0 Å². The number of hydrogen-bond acceptors (Lipinski definition) is 4. The van der Waals surface area contributed by atoms with Crippen LogP contribution in [0.4, 0.5) is 0 Å². The number of aliphatic carboxylic acids is 1. The summed E-state index contributed by atoms with van der Waals surface area (Å²) in [6.07, 6.45) is 1.77. The molecule has 2 rings (SSSR count). The van der Waals surface area contributed by atoms with E-state index >= 15 is 0 Å². The van der Waals surface area contributed by atoms with E-state index in [1.165, 1.54) is 0 Å². The van der Waals surface area contributed by atoms with Crippen molar-refractivity contribution in [1.29, 1.82) is 0 Å². The molecule has 5 nitrogen and oxygen atoms in total. The Balaban J connectivity index is 1.96. The molecule has 2 fully saturated rings. The molecule has 2 aliphatic heterocycles. The molecule has 1 atom stereocenters. The predicted molar refractivity (Wildman–Crippen MR) is 64.1 cm³/mol. The second kappa shape index (κ2) is 5.33. The number of rotatable bonds is 3. The van der Waals surface area contributed by atoms with Crippen molar-refractivity contribution >= 4 is 5.97 Å². The normalized spacial score (nSPS) is 32.5. The molecule has 2 aliphatic rings. The molecule has 0 radical (unpaired) electrons. The summed E-state index contributed by atoms with van der Waals surface area (Å²) < 4.78 is 5.30. The maximum Gasteiger partial charge on any atom is 0.313 e. The zero-order valence-electron chi connectivity index (χ0n) is 10.5. The largest absolute Gasteiger partial charge is 0.481 e. The Labute approximate surface area is 102 Å². The highest BCUT2D eigenvalue weighted by atomic mass is 16.5. The molecule has 0 aromatic heterocycles. The molecule has 0 aromatic carbocycles. The molecule has 5 heteroatoms. The Bertz CT molecular complexity index is 277. The van der Waals surface area contributed by atoms with Crippen molar-refractivity contribution in [3.05, 3.63) is 0 Å². The molecule has 0 aromatic rings. The summed E-state index contributed by atoms with van der Waals surface area (Å²) in [7, 11) is 2.12. The molecule has 0 aliphatic carbocycles. The molecule has 1 unspecified atom stereocenters. The van der Waals surface area contributed by atoms with Gasteiger partial charge in [0.25, 0.3) is 0 Å². The van der Waals surface area contributed by atoms with Gasteiger partial charge in [-0.1, -0.05) is 0 Å². The second-order valence-electron chi connectivity index (χ2n) is 5.32. The van der Waals surface area contributed by atoms with E-state index in [4.69, 9.17) is 4.74 Å². The van der Waals surface area contributed by atoms with Crippen LogP contribution in [-0.2, 0) is 9.53 Å². The molecule has 0 saturated carbocycles. The summed E-state index contributed by atoms with van der Waals surface area (Å²) in [5.41, 5.74) is -0.664. The van der Waals surface area contributed by atoms with Gasteiger partial charge in [-0.05, 0) is 33.0 Å². The zero-order valence-corrected chi connectivity index (χ0v) is 10.5. The predicted octanol–water partition coefficient (Wildman–Crippen LogP) is 0.115. The first-order valence-electron chi connectivity index (χ1n) is 6.34. The molecule has 17 heavy (non-hydrogen) atoms. The van der Waals surface area contributed by atoms with Crippen LogP contribution in [0.15, 0.2) is 0 Å². The van der Waals surface area contributed by atoms with Gasteiger partial charge in [0.1, 0.15) is 5.41 Å². The summed E-state index contributed by atoms with van der Waals surface area (Å²) in [5.74, 6) is -0.701.